The van der Waals surface area contributed by atoms with Crippen LogP contribution in [0.5, 0.6) is 0 Å². The highest BCUT2D eigenvalue weighted by Gasteiger charge is 2.15. The van der Waals surface area contributed by atoms with Crippen LogP contribution in [0.25, 0.3) is 11.0 Å². The van der Waals surface area contributed by atoms with Gasteiger partial charge in [0.25, 0.3) is 0 Å². The molecule has 0 saturated heterocycles. The zero-order valence-corrected chi connectivity index (χ0v) is 8.31. The van der Waals surface area contributed by atoms with Gasteiger partial charge in [0, 0.05) is 13.1 Å². The molecule has 2 aromatic heterocycles. The normalized spacial score (nSPS) is 10.3. The van der Waals surface area contributed by atoms with E-state index < -0.39 is 5.97 Å². The summed E-state index contributed by atoms with van der Waals surface area (Å²) >= 11 is 0. The summed E-state index contributed by atoms with van der Waals surface area (Å²) in [6.45, 7) is 1.36. The number of carbonyl (C=O) groups excluding carboxylic acids is 1. The third-order valence-corrected chi connectivity index (χ3v) is 1.98. The van der Waals surface area contributed by atoms with Gasteiger partial charge in [0.05, 0.1) is 5.69 Å². The molecule has 0 radical (unpaired) electrons. The molecule has 0 fully saturated rings. The lowest BCUT2D eigenvalue weighted by atomic mass is 10.3. The zero-order valence-electron chi connectivity index (χ0n) is 8.31. The molecule has 0 saturated carbocycles. The predicted molar refractivity (Wildman–Crippen MR) is 55.2 cm³/mol. The van der Waals surface area contributed by atoms with Crippen LogP contribution in [0.4, 0.5) is 5.69 Å². The van der Waals surface area contributed by atoms with Crippen molar-refractivity contribution in [2.24, 2.45) is 0 Å². The summed E-state index contributed by atoms with van der Waals surface area (Å²) in [5.74, 6) is -1.40. The van der Waals surface area contributed by atoms with Gasteiger partial charge in [-0.05, 0) is 0 Å². The molecule has 0 aliphatic heterocycles. The van der Waals surface area contributed by atoms with Crippen LogP contribution in [0.15, 0.2) is 12.5 Å². The molecule has 0 unspecified atom stereocenters. The highest BCUT2D eigenvalue weighted by Crippen LogP contribution is 2.22. The number of aromatic carboxylic acids is 1. The van der Waals surface area contributed by atoms with Crippen LogP contribution >= 0.6 is 0 Å². The second kappa shape index (κ2) is 3.61. The van der Waals surface area contributed by atoms with Crippen molar-refractivity contribution in [2.75, 3.05) is 5.32 Å². The van der Waals surface area contributed by atoms with Crippen molar-refractivity contribution in [3.05, 3.63) is 18.2 Å². The number of nitrogens with zero attached hydrogens (tertiary/aromatic N) is 2. The average Bonchev–Trinajstić information content (AvgIpc) is 2.60. The summed E-state index contributed by atoms with van der Waals surface area (Å²) in [5.41, 5.74) is 0.982. The molecule has 0 spiro atoms. The number of aromatic amines is 1. The minimum atomic E-state index is -1.15. The lowest BCUT2D eigenvalue weighted by Gasteiger charge is -1.98. The lowest BCUT2D eigenvalue weighted by molar-refractivity contribution is -0.114. The van der Waals surface area contributed by atoms with Gasteiger partial charge in [0.2, 0.25) is 5.91 Å². The molecular formula is C9H8N4O3. The number of nitrogens with one attached hydrogen (secondary N) is 2. The number of carbonyl (C=O) groups is 2. The molecule has 2 aromatic rings. The largest absolute Gasteiger partial charge is 0.476 e. The Kier molecular flexibility index (Phi) is 2.28. The Morgan fingerprint density at radius 2 is 2.19 bits per heavy atom. The van der Waals surface area contributed by atoms with Gasteiger partial charge in [-0.15, -0.1) is 0 Å². The van der Waals surface area contributed by atoms with E-state index in [1.54, 1.807) is 0 Å². The first-order chi connectivity index (χ1) is 7.59. The number of carboxylic acids is 1. The van der Waals surface area contributed by atoms with E-state index in [0.29, 0.717) is 16.7 Å². The van der Waals surface area contributed by atoms with Gasteiger partial charge in [-0.25, -0.2) is 14.8 Å². The maximum absolute atomic E-state index is 10.9. The van der Waals surface area contributed by atoms with Crippen LogP contribution in [0.1, 0.15) is 17.4 Å². The minimum Gasteiger partial charge on any atom is -0.476 e. The maximum Gasteiger partial charge on any atom is 0.356 e. The molecular weight excluding hydrogens is 212 g/mol. The van der Waals surface area contributed by atoms with Gasteiger partial charge in [0.1, 0.15) is 17.4 Å². The summed E-state index contributed by atoms with van der Waals surface area (Å²) in [6.07, 6.45) is 2.62. The van der Waals surface area contributed by atoms with Gasteiger partial charge in [-0.3, -0.25) is 4.79 Å². The topological polar surface area (TPSA) is 108 Å². The number of hydrogen-bond donors (Lipinski definition) is 3. The molecule has 0 bridgehead atoms. The van der Waals surface area contributed by atoms with Crippen LogP contribution in [0.2, 0.25) is 0 Å². The van der Waals surface area contributed by atoms with E-state index in [1.807, 2.05) is 0 Å². The van der Waals surface area contributed by atoms with E-state index >= 15 is 0 Å². The number of carboxylic acid groups (broad SMARTS) is 1. The third-order valence-electron chi connectivity index (χ3n) is 1.98. The Balaban J connectivity index is 2.61. The molecule has 0 aliphatic carbocycles. The van der Waals surface area contributed by atoms with Crippen LogP contribution in [0, 0.1) is 0 Å². The third kappa shape index (κ3) is 1.58. The average molecular weight is 220 g/mol. The summed E-state index contributed by atoms with van der Waals surface area (Å²) in [7, 11) is 0. The van der Waals surface area contributed by atoms with Crippen molar-refractivity contribution in [1.29, 1.82) is 0 Å². The molecule has 0 aliphatic rings. The van der Waals surface area contributed by atoms with Gasteiger partial charge in [-0.2, -0.15) is 0 Å². The van der Waals surface area contributed by atoms with E-state index in [-0.39, 0.29) is 11.6 Å². The van der Waals surface area contributed by atoms with Crippen molar-refractivity contribution in [1.82, 2.24) is 15.0 Å². The lowest BCUT2D eigenvalue weighted by Crippen LogP contribution is -2.06. The van der Waals surface area contributed by atoms with Crippen molar-refractivity contribution in [3.63, 3.8) is 0 Å². The Morgan fingerprint density at radius 3 is 2.81 bits per heavy atom. The van der Waals surface area contributed by atoms with E-state index in [9.17, 15) is 9.59 Å². The number of H-pyrrole nitrogens is 1. The van der Waals surface area contributed by atoms with Gasteiger partial charge < -0.3 is 15.4 Å². The Labute approximate surface area is 89.5 Å². The molecule has 82 valence electrons. The predicted octanol–water partition coefficient (Wildman–Crippen LogP) is 0.614. The fourth-order valence-electron chi connectivity index (χ4n) is 1.39. The molecule has 7 heteroatoms. The standard InChI is InChI=1S/C9H8N4O3/c1-4(14)13-5-2-10-7-6(5)11-3-12-8(7)9(15)16/h2-3,10H,1H3,(H,13,14)(H,15,16). The number of hydrogen-bond acceptors (Lipinski definition) is 4. The fraction of sp³-hybridized carbons (Fsp3) is 0.111. The van der Waals surface area contributed by atoms with E-state index in [1.165, 1.54) is 13.1 Å². The molecule has 7 nitrogen and oxygen atoms in total. The first-order valence-corrected chi connectivity index (χ1v) is 4.42. The maximum atomic E-state index is 10.9. The first kappa shape index (κ1) is 10.1. The Hall–Kier alpha value is -2.44. The summed E-state index contributed by atoms with van der Waals surface area (Å²) in [5, 5.41) is 11.4. The van der Waals surface area contributed by atoms with Gasteiger partial charge >= 0.3 is 5.97 Å². The van der Waals surface area contributed by atoms with Crippen LogP contribution in [-0.2, 0) is 4.79 Å². The first-order valence-electron chi connectivity index (χ1n) is 4.42. The molecule has 2 rings (SSSR count). The van der Waals surface area contributed by atoms with E-state index in [2.05, 4.69) is 20.3 Å². The second-order valence-electron chi connectivity index (χ2n) is 3.13. The second-order valence-corrected chi connectivity index (χ2v) is 3.13. The van der Waals surface area contributed by atoms with Gasteiger partial charge in [-0.1, -0.05) is 0 Å². The van der Waals surface area contributed by atoms with Crippen molar-refractivity contribution >= 4 is 28.6 Å². The Morgan fingerprint density at radius 1 is 1.44 bits per heavy atom. The van der Waals surface area contributed by atoms with Crippen LogP contribution in [-0.4, -0.2) is 31.9 Å². The van der Waals surface area contributed by atoms with E-state index in [0.717, 1.165) is 6.33 Å². The van der Waals surface area contributed by atoms with Crippen molar-refractivity contribution < 1.29 is 14.7 Å². The molecule has 2 heterocycles. The number of fused-ring (bicyclic) bond motifs is 1. The van der Waals surface area contributed by atoms with Crippen molar-refractivity contribution in [2.45, 2.75) is 6.92 Å². The number of anilines is 1. The zero-order chi connectivity index (χ0) is 11.7. The van der Waals surface area contributed by atoms with Crippen molar-refractivity contribution in [3.8, 4) is 0 Å². The highest BCUT2D eigenvalue weighted by molar-refractivity contribution is 6.05. The number of aromatic nitrogens is 3. The molecule has 16 heavy (non-hydrogen) atoms. The number of amides is 1. The smallest absolute Gasteiger partial charge is 0.356 e. The molecule has 0 aromatic carbocycles. The summed E-state index contributed by atoms with van der Waals surface area (Å²) in [4.78, 5) is 32.0. The molecule has 0 atom stereocenters. The Bertz CT molecular complexity index is 575. The highest BCUT2D eigenvalue weighted by atomic mass is 16.4. The quantitative estimate of drug-likeness (QED) is 0.687. The monoisotopic (exact) mass is 220 g/mol. The summed E-state index contributed by atoms with van der Waals surface area (Å²) < 4.78 is 0. The summed E-state index contributed by atoms with van der Waals surface area (Å²) in [6, 6.07) is 0. The van der Waals surface area contributed by atoms with E-state index in [4.69, 9.17) is 5.11 Å². The fourth-order valence-corrected chi connectivity index (χ4v) is 1.39. The van der Waals surface area contributed by atoms with Gasteiger partial charge in [0.15, 0.2) is 5.69 Å². The minimum absolute atomic E-state index is 0.124. The SMILES string of the molecule is CC(=O)Nc1c[nH]c2c(C(=O)O)ncnc12. The number of rotatable bonds is 2. The van der Waals surface area contributed by atoms with Crippen LogP contribution < -0.4 is 5.32 Å². The molecule has 3 N–H and O–H groups in total. The van der Waals surface area contributed by atoms with Crippen LogP contribution in [0.3, 0.4) is 0 Å². The molecule has 1 amide bonds.